The topological polar surface area (TPSA) is 94.8 Å². The Morgan fingerprint density at radius 2 is 1.67 bits per heavy atom. The lowest BCUT2D eigenvalue weighted by Crippen LogP contribution is -2.14. The number of nitrogens with one attached hydrogen (secondary N) is 1. The van der Waals surface area contributed by atoms with Crippen molar-refractivity contribution in [1.82, 2.24) is 15.0 Å². The number of ether oxygens (including phenoxy) is 3. The van der Waals surface area contributed by atoms with E-state index in [1.807, 2.05) is 48.5 Å². The Hall–Kier alpha value is -4.30. The maximum Gasteiger partial charge on any atom is 0.267 e. The first kappa shape index (κ1) is 24.8. The molecular weight excluding hydrogens is 458 g/mol. The number of hydrogen-bond donors (Lipinski definition) is 2. The van der Waals surface area contributed by atoms with E-state index in [9.17, 15) is 4.79 Å². The van der Waals surface area contributed by atoms with Crippen LogP contribution in [0, 0.1) is 0 Å². The second-order valence-electron chi connectivity index (χ2n) is 8.19. The number of fused-ring (bicyclic) bond motifs is 1. The van der Waals surface area contributed by atoms with Crippen LogP contribution in [-0.4, -0.2) is 42.0 Å². The van der Waals surface area contributed by atoms with Gasteiger partial charge in [0.2, 0.25) is 5.75 Å². The predicted molar refractivity (Wildman–Crippen MR) is 138 cm³/mol. The van der Waals surface area contributed by atoms with Gasteiger partial charge < -0.3 is 18.8 Å². The van der Waals surface area contributed by atoms with E-state index in [0.29, 0.717) is 23.8 Å². The van der Waals surface area contributed by atoms with Gasteiger partial charge in [-0.1, -0.05) is 36.4 Å². The van der Waals surface area contributed by atoms with Gasteiger partial charge in [0, 0.05) is 19.0 Å². The standard InChI is InChI=1S/C28H29N3O5/c1-34-24-16-21(17-25(35-2)28(24)36-3)18-31-23-12-9-20(11-14-27(32)30-33)15-22(23)29-26(31)13-10-19-7-5-4-6-8-19/h4-9,11-12,14-17,33H,10,13,18H2,1-3H3,(H,30,32). The smallest absolute Gasteiger partial charge is 0.267 e. The molecule has 0 aliphatic carbocycles. The zero-order valence-electron chi connectivity index (χ0n) is 20.5. The van der Waals surface area contributed by atoms with Crippen LogP contribution < -0.4 is 19.7 Å². The van der Waals surface area contributed by atoms with Gasteiger partial charge in [0.15, 0.2) is 11.5 Å². The zero-order chi connectivity index (χ0) is 25.5. The summed E-state index contributed by atoms with van der Waals surface area (Å²) in [6.45, 7) is 0.555. The monoisotopic (exact) mass is 487 g/mol. The minimum atomic E-state index is -0.591. The van der Waals surface area contributed by atoms with Gasteiger partial charge >= 0.3 is 0 Å². The van der Waals surface area contributed by atoms with Crippen molar-refractivity contribution in [1.29, 1.82) is 0 Å². The Kier molecular flexibility index (Phi) is 7.87. The molecule has 4 rings (SSSR count). The lowest BCUT2D eigenvalue weighted by Gasteiger charge is -2.16. The number of aromatic nitrogens is 2. The molecule has 2 N–H and O–H groups in total. The van der Waals surface area contributed by atoms with E-state index in [1.54, 1.807) is 32.9 Å². The van der Waals surface area contributed by atoms with Crippen LogP contribution in [0.1, 0.15) is 22.5 Å². The van der Waals surface area contributed by atoms with Crippen molar-refractivity contribution in [3.8, 4) is 17.2 Å². The summed E-state index contributed by atoms with van der Waals surface area (Å²) in [5.74, 6) is 2.09. The molecule has 0 aliphatic rings. The molecule has 0 radical (unpaired) electrons. The van der Waals surface area contributed by atoms with E-state index < -0.39 is 5.91 Å². The van der Waals surface area contributed by atoms with Crippen molar-refractivity contribution in [2.75, 3.05) is 21.3 Å². The van der Waals surface area contributed by atoms with Gasteiger partial charge in [-0.15, -0.1) is 0 Å². The fraction of sp³-hybridized carbons (Fsp3) is 0.214. The van der Waals surface area contributed by atoms with E-state index in [1.165, 1.54) is 11.6 Å². The zero-order valence-corrected chi connectivity index (χ0v) is 20.5. The second kappa shape index (κ2) is 11.4. The highest BCUT2D eigenvalue weighted by atomic mass is 16.5. The lowest BCUT2D eigenvalue weighted by molar-refractivity contribution is -0.124. The SMILES string of the molecule is COc1cc(Cn2c(CCc3ccccc3)nc3cc(C=CC(=O)NO)ccc32)cc(OC)c1OC. The average Bonchev–Trinajstić information content (AvgIpc) is 3.26. The molecule has 4 aromatic rings. The molecule has 0 unspecified atom stereocenters. The molecule has 0 saturated heterocycles. The van der Waals surface area contributed by atoms with Crippen LogP contribution in [0.25, 0.3) is 17.1 Å². The minimum Gasteiger partial charge on any atom is -0.493 e. The van der Waals surface area contributed by atoms with E-state index in [2.05, 4.69) is 16.7 Å². The number of carbonyl (C=O) groups excluding carboxylic acids is 1. The van der Waals surface area contributed by atoms with Gasteiger partial charge in [0.05, 0.1) is 32.4 Å². The minimum absolute atomic E-state index is 0.548. The summed E-state index contributed by atoms with van der Waals surface area (Å²) >= 11 is 0. The molecule has 3 aromatic carbocycles. The number of rotatable bonds is 10. The largest absolute Gasteiger partial charge is 0.493 e. The molecular formula is C28H29N3O5. The Morgan fingerprint density at radius 1 is 0.944 bits per heavy atom. The van der Waals surface area contributed by atoms with Gasteiger partial charge in [0.25, 0.3) is 5.91 Å². The third kappa shape index (κ3) is 5.50. The first-order chi connectivity index (χ1) is 17.6. The first-order valence-corrected chi connectivity index (χ1v) is 11.5. The Balaban J connectivity index is 1.74. The van der Waals surface area contributed by atoms with Gasteiger partial charge in [-0.25, -0.2) is 10.5 Å². The number of benzene rings is 3. The number of hydrogen-bond acceptors (Lipinski definition) is 6. The van der Waals surface area contributed by atoms with Gasteiger partial charge in [-0.3, -0.25) is 10.0 Å². The number of amides is 1. The molecule has 8 heteroatoms. The summed E-state index contributed by atoms with van der Waals surface area (Å²) in [5, 5.41) is 8.73. The molecule has 0 atom stereocenters. The van der Waals surface area contributed by atoms with Gasteiger partial charge in [-0.05, 0) is 53.5 Å². The van der Waals surface area contributed by atoms with Crippen molar-refractivity contribution >= 4 is 23.0 Å². The van der Waals surface area contributed by atoms with Crippen molar-refractivity contribution in [3.63, 3.8) is 0 Å². The predicted octanol–water partition coefficient (Wildman–Crippen LogP) is 4.41. The Bertz CT molecular complexity index is 1350. The van der Waals surface area contributed by atoms with E-state index in [4.69, 9.17) is 24.4 Å². The Labute approximate surface area is 209 Å². The summed E-state index contributed by atoms with van der Waals surface area (Å²) in [4.78, 5) is 16.3. The molecule has 1 heterocycles. The number of carbonyl (C=O) groups is 1. The van der Waals surface area contributed by atoms with E-state index in [0.717, 1.165) is 40.8 Å². The van der Waals surface area contributed by atoms with Crippen LogP contribution in [0.2, 0.25) is 0 Å². The van der Waals surface area contributed by atoms with Crippen molar-refractivity contribution in [2.24, 2.45) is 0 Å². The number of aryl methyl sites for hydroxylation is 2. The van der Waals surface area contributed by atoms with Crippen LogP contribution in [0.3, 0.4) is 0 Å². The summed E-state index contributed by atoms with van der Waals surface area (Å²) < 4.78 is 18.7. The van der Waals surface area contributed by atoms with Gasteiger partial charge in [-0.2, -0.15) is 0 Å². The number of methoxy groups -OCH3 is 3. The van der Waals surface area contributed by atoms with E-state index >= 15 is 0 Å². The maximum absolute atomic E-state index is 11.4. The molecule has 0 saturated carbocycles. The molecule has 1 amide bonds. The molecule has 0 aliphatic heterocycles. The number of nitrogens with zero attached hydrogens (tertiary/aromatic N) is 2. The van der Waals surface area contributed by atoms with E-state index in [-0.39, 0.29) is 0 Å². The average molecular weight is 488 g/mol. The third-order valence-corrected chi connectivity index (χ3v) is 5.93. The maximum atomic E-state index is 11.4. The molecule has 0 fully saturated rings. The molecule has 8 nitrogen and oxygen atoms in total. The number of imidazole rings is 1. The van der Waals surface area contributed by atoms with Crippen molar-refractivity contribution < 1.29 is 24.2 Å². The number of hydroxylamine groups is 1. The van der Waals surface area contributed by atoms with Crippen LogP contribution >= 0.6 is 0 Å². The summed E-state index contributed by atoms with van der Waals surface area (Å²) in [7, 11) is 4.79. The summed E-state index contributed by atoms with van der Waals surface area (Å²) in [5.41, 5.74) is 6.40. The van der Waals surface area contributed by atoms with Crippen LogP contribution in [0.4, 0.5) is 0 Å². The molecule has 186 valence electrons. The fourth-order valence-corrected chi connectivity index (χ4v) is 4.19. The third-order valence-electron chi connectivity index (χ3n) is 5.93. The van der Waals surface area contributed by atoms with Crippen LogP contribution in [0.5, 0.6) is 17.2 Å². The van der Waals surface area contributed by atoms with Gasteiger partial charge in [0.1, 0.15) is 5.82 Å². The fourth-order valence-electron chi connectivity index (χ4n) is 4.19. The lowest BCUT2D eigenvalue weighted by atomic mass is 10.1. The molecule has 1 aromatic heterocycles. The molecule has 36 heavy (non-hydrogen) atoms. The first-order valence-electron chi connectivity index (χ1n) is 11.5. The molecule has 0 spiro atoms. The normalized spacial score (nSPS) is 11.1. The molecule has 0 bridgehead atoms. The summed E-state index contributed by atoms with van der Waals surface area (Å²) in [6, 6.07) is 20.0. The van der Waals surface area contributed by atoms with Crippen LogP contribution in [-0.2, 0) is 24.2 Å². The summed E-state index contributed by atoms with van der Waals surface area (Å²) in [6.07, 6.45) is 4.50. The quantitative estimate of drug-likeness (QED) is 0.195. The van der Waals surface area contributed by atoms with Crippen molar-refractivity contribution in [2.45, 2.75) is 19.4 Å². The van der Waals surface area contributed by atoms with Crippen molar-refractivity contribution in [3.05, 3.63) is 89.3 Å². The second-order valence-corrected chi connectivity index (χ2v) is 8.19. The Morgan fingerprint density at radius 3 is 2.31 bits per heavy atom. The highest BCUT2D eigenvalue weighted by Crippen LogP contribution is 2.38. The highest BCUT2D eigenvalue weighted by molar-refractivity contribution is 5.91. The van der Waals surface area contributed by atoms with Crippen LogP contribution in [0.15, 0.2) is 66.7 Å². The highest BCUT2D eigenvalue weighted by Gasteiger charge is 2.16.